The third-order valence-corrected chi connectivity index (χ3v) is 0.880. The first-order valence-corrected chi connectivity index (χ1v) is 2.49. The molecular formula is C4H3ClN2O. The molecule has 4 heteroatoms. The van der Waals surface area contributed by atoms with Gasteiger partial charge in [-0.2, -0.15) is 0 Å². The summed E-state index contributed by atoms with van der Waals surface area (Å²) >= 11 is 5.43. The average molecular weight is 131 g/mol. The average Bonchev–Trinajstić information content (AvgIpc) is 1.77. The Morgan fingerprint density at radius 3 is 2.38 bits per heavy atom. The quantitative estimate of drug-likeness (QED) is 0.449. The second-order valence-electron chi connectivity index (χ2n) is 1.28. The van der Waals surface area contributed by atoms with E-state index in [0.29, 0.717) is 0 Å². The number of hydrogen-bond acceptors (Lipinski definition) is 1. The third-order valence-electron chi connectivity index (χ3n) is 0.655. The van der Waals surface area contributed by atoms with Gasteiger partial charge in [-0.05, 0) is 0 Å². The summed E-state index contributed by atoms with van der Waals surface area (Å²) in [5, 5.41) is -0.312. The summed E-state index contributed by atoms with van der Waals surface area (Å²) < 4.78 is 0. The molecule has 0 aromatic heterocycles. The molecule has 1 aliphatic rings. The molecule has 1 aliphatic heterocycles. The third kappa shape index (κ3) is 1.13. The van der Waals surface area contributed by atoms with Crippen molar-refractivity contribution in [3.63, 3.8) is 0 Å². The molecule has 1 heterocycles. The van der Waals surface area contributed by atoms with Crippen LogP contribution in [-0.2, 0) is 0 Å². The topological polar surface area (TPSA) is 41.8 Å². The predicted molar refractivity (Wildman–Crippen MR) is 32.0 cm³/mol. The highest BCUT2D eigenvalue weighted by Gasteiger charge is 2.02. The number of alkyl halides is 1. The molecule has 0 aromatic carbocycles. The van der Waals surface area contributed by atoms with Crippen molar-refractivity contribution in [1.29, 1.82) is 0 Å². The van der Waals surface area contributed by atoms with Gasteiger partial charge in [-0.3, -0.25) is 0 Å². The van der Waals surface area contributed by atoms with Crippen LogP contribution >= 0.6 is 11.6 Å². The monoisotopic (exact) mass is 130 g/mol. The standard InChI is InChI=1S/C4H3ClN2O/c5-3-1-6-4(8)7-2-3/h1-3H. The van der Waals surface area contributed by atoms with Crippen LogP contribution in [0.2, 0.25) is 0 Å². The van der Waals surface area contributed by atoms with Gasteiger partial charge in [0.2, 0.25) is 0 Å². The molecule has 0 spiro atoms. The lowest BCUT2D eigenvalue weighted by Gasteiger charge is -1.95. The highest BCUT2D eigenvalue weighted by molar-refractivity contribution is 6.38. The van der Waals surface area contributed by atoms with Crippen LogP contribution in [0.3, 0.4) is 0 Å². The Hall–Kier alpha value is -0.700. The highest BCUT2D eigenvalue weighted by atomic mass is 35.5. The van der Waals surface area contributed by atoms with E-state index < -0.39 is 6.03 Å². The Balaban J connectivity index is 2.68. The van der Waals surface area contributed by atoms with E-state index in [-0.39, 0.29) is 5.38 Å². The molecular weight excluding hydrogens is 128 g/mol. The molecule has 0 unspecified atom stereocenters. The SMILES string of the molecule is O=C1N=CC(Cl)C=N1. The number of rotatable bonds is 0. The molecule has 0 saturated carbocycles. The van der Waals surface area contributed by atoms with Crippen LogP contribution in [0.5, 0.6) is 0 Å². The number of halogens is 1. The Kier molecular flexibility index (Phi) is 1.39. The van der Waals surface area contributed by atoms with Crippen molar-refractivity contribution in [2.45, 2.75) is 5.38 Å². The van der Waals surface area contributed by atoms with E-state index in [4.69, 9.17) is 11.6 Å². The van der Waals surface area contributed by atoms with Crippen molar-refractivity contribution < 1.29 is 4.79 Å². The summed E-state index contributed by atoms with van der Waals surface area (Å²) in [6.45, 7) is 0. The fourth-order valence-corrected chi connectivity index (χ4v) is 0.454. The zero-order chi connectivity index (χ0) is 5.98. The minimum absolute atomic E-state index is 0.312. The summed E-state index contributed by atoms with van der Waals surface area (Å²) in [6, 6.07) is -0.484. The minimum Gasteiger partial charge on any atom is -0.244 e. The van der Waals surface area contributed by atoms with Gasteiger partial charge in [-0.15, -0.1) is 11.6 Å². The van der Waals surface area contributed by atoms with Gasteiger partial charge in [-0.25, -0.2) is 14.8 Å². The van der Waals surface area contributed by atoms with E-state index >= 15 is 0 Å². The first-order valence-electron chi connectivity index (χ1n) is 2.05. The van der Waals surface area contributed by atoms with Gasteiger partial charge < -0.3 is 0 Å². The van der Waals surface area contributed by atoms with E-state index in [2.05, 4.69) is 9.98 Å². The second-order valence-corrected chi connectivity index (χ2v) is 1.79. The largest absolute Gasteiger partial charge is 0.366 e. The number of amides is 2. The van der Waals surface area contributed by atoms with E-state index in [9.17, 15) is 4.79 Å². The number of carbonyl (C=O) groups excluding carboxylic acids is 1. The number of carbonyl (C=O) groups is 1. The smallest absolute Gasteiger partial charge is 0.244 e. The van der Waals surface area contributed by atoms with Crippen molar-refractivity contribution in [2.24, 2.45) is 9.98 Å². The van der Waals surface area contributed by atoms with Crippen LogP contribution in [0.15, 0.2) is 9.98 Å². The Morgan fingerprint density at radius 1 is 1.50 bits per heavy atom. The molecule has 0 radical (unpaired) electrons. The lowest BCUT2D eigenvalue weighted by atomic mass is 10.5. The number of aliphatic imine (C=N–C) groups is 2. The lowest BCUT2D eigenvalue weighted by Crippen LogP contribution is -2.08. The van der Waals surface area contributed by atoms with Gasteiger partial charge in [0.15, 0.2) is 0 Å². The highest BCUT2D eigenvalue weighted by Crippen LogP contribution is 1.94. The summed E-state index contributed by atoms with van der Waals surface area (Å²) in [6.07, 6.45) is 2.69. The van der Waals surface area contributed by atoms with Crippen LogP contribution in [0.25, 0.3) is 0 Å². The zero-order valence-electron chi connectivity index (χ0n) is 3.91. The molecule has 0 atom stereocenters. The fraction of sp³-hybridized carbons (Fsp3) is 0.250. The molecule has 0 aromatic rings. The summed E-state index contributed by atoms with van der Waals surface area (Å²) in [4.78, 5) is 16.8. The van der Waals surface area contributed by atoms with Crippen LogP contribution in [0, 0.1) is 0 Å². The fourth-order valence-electron chi connectivity index (χ4n) is 0.342. The van der Waals surface area contributed by atoms with Crippen molar-refractivity contribution in [2.75, 3.05) is 0 Å². The first-order chi connectivity index (χ1) is 3.79. The molecule has 0 N–H and O–H groups in total. The maximum Gasteiger partial charge on any atom is 0.366 e. The molecule has 0 fully saturated rings. The summed E-state index contributed by atoms with van der Waals surface area (Å²) in [5.74, 6) is 0. The summed E-state index contributed by atoms with van der Waals surface area (Å²) in [7, 11) is 0. The van der Waals surface area contributed by atoms with Crippen LogP contribution < -0.4 is 0 Å². The van der Waals surface area contributed by atoms with Gasteiger partial charge in [0.1, 0.15) is 5.38 Å². The maximum absolute atomic E-state index is 10.2. The van der Waals surface area contributed by atoms with Gasteiger partial charge in [0.25, 0.3) is 0 Å². The Labute approximate surface area is 51.1 Å². The molecule has 3 nitrogen and oxygen atoms in total. The van der Waals surface area contributed by atoms with Crippen LogP contribution in [-0.4, -0.2) is 23.8 Å². The Morgan fingerprint density at radius 2 is 2.00 bits per heavy atom. The molecule has 1 rings (SSSR count). The first kappa shape index (κ1) is 5.44. The molecule has 0 bridgehead atoms. The van der Waals surface area contributed by atoms with Gasteiger partial charge in [-0.1, -0.05) is 0 Å². The predicted octanol–water partition coefficient (Wildman–Crippen LogP) is 0.869. The van der Waals surface area contributed by atoms with E-state index in [1.807, 2.05) is 0 Å². The second kappa shape index (κ2) is 2.05. The van der Waals surface area contributed by atoms with Crippen molar-refractivity contribution in [3.05, 3.63) is 0 Å². The molecule has 2 amide bonds. The zero-order valence-corrected chi connectivity index (χ0v) is 4.67. The Bertz CT molecular complexity index is 147. The van der Waals surface area contributed by atoms with Gasteiger partial charge >= 0.3 is 6.03 Å². The van der Waals surface area contributed by atoms with Gasteiger partial charge in [0, 0.05) is 12.4 Å². The van der Waals surface area contributed by atoms with Crippen LogP contribution in [0.4, 0.5) is 4.79 Å². The maximum atomic E-state index is 10.2. The number of hydrogen-bond donors (Lipinski definition) is 0. The normalized spacial score (nSPS) is 19.9. The van der Waals surface area contributed by atoms with Gasteiger partial charge in [0.05, 0.1) is 0 Å². The van der Waals surface area contributed by atoms with E-state index in [1.54, 1.807) is 0 Å². The molecule has 0 aliphatic carbocycles. The van der Waals surface area contributed by atoms with Crippen molar-refractivity contribution >= 4 is 30.1 Å². The molecule has 8 heavy (non-hydrogen) atoms. The van der Waals surface area contributed by atoms with E-state index in [1.165, 1.54) is 12.4 Å². The summed E-state index contributed by atoms with van der Waals surface area (Å²) in [5.41, 5.74) is 0. The van der Waals surface area contributed by atoms with Crippen LogP contribution in [0.1, 0.15) is 0 Å². The van der Waals surface area contributed by atoms with Crippen molar-refractivity contribution in [1.82, 2.24) is 0 Å². The van der Waals surface area contributed by atoms with Crippen molar-refractivity contribution in [3.8, 4) is 0 Å². The number of nitrogens with zero attached hydrogens (tertiary/aromatic N) is 2. The lowest BCUT2D eigenvalue weighted by molar-refractivity contribution is 0.257. The molecule has 42 valence electrons. The minimum atomic E-state index is -0.484. The van der Waals surface area contributed by atoms with E-state index in [0.717, 1.165) is 0 Å². The number of urea groups is 1. The molecule has 0 saturated heterocycles.